The van der Waals surface area contributed by atoms with Crippen LogP contribution >= 0.6 is 10.7 Å². The van der Waals surface area contributed by atoms with Gasteiger partial charge in [-0.1, -0.05) is 0 Å². The summed E-state index contributed by atoms with van der Waals surface area (Å²) >= 11 is 0. The van der Waals surface area contributed by atoms with Gasteiger partial charge >= 0.3 is 0 Å². The van der Waals surface area contributed by atoms with Gasteiger partial charge in [-0.25, -0.2) is 8.42 Å². The fourth-order valence-electron chi connectivity index (χ4n) is 1.20. The van der Waals surface area contributed by atoms with Crippen LogP contribution in [0.2, 0.25) is 0 Å². The number of hydrogen-bond acceptors (Lipinski definition) is 3. The van der Waals surface area contributed by atoms with Crippen LogP contribution in [0, 0.1) is 5.92 Å². The molecule has 1 aliphatic rings. The molecule has 0 radical (unpaired) electrons. The van der Waals surface area contributed by atoms with Gasteiger partial charge in [0.15, 0.2) is 0 Å². The molecule has 1 saturated carbocycles. The van der Waals surface area contributed by atoms with Crippen molar-refractivity contribution in [1.29, 1.82) is 0 Å². The van der Waals surface area contributed by atoms with Gasteiger partial charge in [-0.2, -0.15) is 0 Å². The Morgan fingerprint density at radius 1 is 1.58 bits per heavy atom. The van der Waals surface area contributed by atoms with Crippen molar-refractivity contribution >= 4 is 19.7 Å². The lowest BCUT2D eigenvalue weighted by atomic mass is 10.3. The van der Waals surface area contributed by atoms with E-state index in [4.69, 9.17) is 15.4 Å². The average molecular weight is 213 g/mol. The molecule has 1 fully saturated rings. The minimum atomic E-state index is -3.40. The summed E-state index contributed by atoms with van der Waals surface area (Å²) in [7, 11) is 1.72. The van der Waals surface area contributed by atoms with E-state index in [9.17, 15) is 8.42 Å². The summed E-state index contributed by atoms with van der Waals surface area (Å²) in [4.78, 5) is 0. The van der Waals surface area contributed by atoms with Gasteiger partial charge in [0.1, 0.15) is 0 Å². The molecule has 1 atom stereocenters. The van der Waals surface area contributed by atoms with Gasteiger partial charge in [0.05, 0.1) is 11.9 Å². The minimum Gasteiger partial charge on any atom is -0.377 e. The van der Waals surface area contributed by atoms with E-state index < -0.39 is 9.05 Å². The Hall–Kier alpha value is 0.200. The third-order valence-electron chi connectivity index (χ3n) is 1.89. The van der Waals surface area contributed by atoms with Gasteiger partial charge in [-0.05, 0) is 25.7 Å². The number of halogens is 1. The van der Waals surface area contributed by atoms with Crippen LogP contribution in [-0.2, 0) is 13.8 Å². The first-order chi connectivity index (χ1) is 5.53. The molecule has 0 amide bonds. The molecule has 1 rings (SSSR count). The van der Waals surface area contributed by atoms with Crippen molar-refractivity contribution < 1.29 is 13.2 Å². The molecule has 72 valence electrons. The lowest BCUT2D eigenvalue weighted by Gasteiger charge is -2.13. The van der Waals surface area contributed by atoms with Crippen LogP contribution in [0.1, 0.15) is 19.8 Å². The number of ether oxygens (including phenoxy) is 1. The van der Waals surface area contributed by atoms with E-state index in [-0.39, 0.29) is 11.9 Å². The van der Waals surface area contributed by atoms with Gasteiger partial charge in [0.2, 0.25) is 9.05 Å². The number of hydrogen-bond donors (Lipinski definition) is 0. The fourth-order valence-corrected chi connectivity index (χ4v) is 2.33. The highest BCUT2D eigenvalue weighted by molar-refractivity contribution is 8.13. The van der Waals surface area contributed by atoms with E-state index in [1.807, 2.05) is 6.92 Å². The van der Waals surface area contributed by atoms with Crippen molar-refractivity contribution in [2.24, 2.45) is 5.92 Å². The lowest BCUT2D eigenvalue weighted by Crippen LogP contribution is -2.23. The zero-order chi connectivity index (χ0) is 9.19. The highest BCUT2D eigenvalue weighted by Crippen LogP contribution is 2.35. The molecule has 1 aliphatic carbocycles. The highest BCUT2D eigenvalue weighted by Gasteiger charge is 2.34. The minimum absolute atomic E-state index is 0.0485. The van der Waals surface area contributed by atoms with Crippen LogP contribution in [-0.4, -0.2) is 26.9 Å². The van der Waals surface area contributed by atoms with Crippen molar-refractivity contribution in [2.45, 2.75) is 25.9 Å². The maximum absolute atomic E-state index is 10.7. The Balaban J connectivity index is 2.43. The maximum atomic E-state index is 10.7. The normalized spacial score (nSPS) is 20.8. The molecule has 0 aromatic carbocycles. The van der Waals surface area contributed by atoms with Crippen LogP contribution in [0.15, 0.2) is 0 Å². The summed E-state index contributed by atoms with van der Waals surface area (Å²) in [6, 6.07) is 0. The van der Waals surface area contributed by atoms with E-state index in [1.165, 1.54) is 0 Å². The monoisotopic (exact) mass is 212 g/mol. The van der Waals surface area contributed by atoms with Crippen molar-refractivity contribution in [2.75, 3.05) is 12.4 Å². The topological polar surface area (TPSA) is 43.4 Å². The highest BCUT2D eigenvalue weighted by atomic mass is 35.7. The fraction of sp³-hybridized carbons (Fsp3) is 1.00. The molecule has 0 aliphatic heterocycles. The van der Waals surface area contributed by atoms with Crippen LogP contribution in [0.4, 0.5) is 0 Å². The van der Waals surface area contributed by atoms with E-state index in [0.29, 0.717) is 12.5 Å². The van der Waals surface area contributed by atoms with Gasteiger partial charge in [-0.15, -0.1) is 0 Å². The third-order valence-corrected chi connectivity index (χ3v) is 3.00. The van der Waals surface area contributed by atoms with E-state index in [2.05, 4.69) is 0 Å². The first-order valence-corrected chi connectivity index (χ1v) is 6.54. The average Bonchev–Trinajstić information content (AvgIpc) is 2.63. The molecular weight excluding hydrogens is 200 g/mol. The van der Waals surface area contributed by atoms with E-state index in [0.717, 1.165) is 12.8 Å². The molecule has 5 heteroatoms. The smallest absolute Gasteiger partial charge is 0.235 e. The summed E-state index contributed by atoms with van der Waals surface area (Å²) in [6.45, 7) is 2.41. The van der Waals surface area contributed by atoms with E-state index in [1.54, 1.807) is 0 Å². The molecule has 0 N–H and O–H groups in total. The summed E-state index contributed by atoms with van der Waals surface area (Å²) in [5.74, 6) is 0.367. The molecule has 0 bridgehead atoms. The summed E-state index contributed by atoms with van der Waals surface area (Å²) in [5.41, 5.74) is 0. The second kappa shape index (κ2) is 3.94. The molecular formula is C7H13ClO3S. The van der Waals surface area contributed by atoms with Crippen molar-refractivity contribution in [3.8, 4) is 0 Å². The Bertz CT molecular complexity index is 233. The largest absolute Gasteiger partial charge is 0.377 e. The Morgan fingerprint density at radius 3 is 2.50 bits per heavy atom. The quantitative estimate of drug-likeness (QED) is 0.647. The predicted molar refractivity (Wildman–Crippen MR) is 47.8 cm³/mol. The van der Waals surface area contributed by atoms with Crippen LogP contribution in [0.25, 0.3) is 0 Å². The Morgan fingerprint density at radius 2 is 2.17 bits per heavy atom. The van der Waals surface area contributed by atoms with Gasteiger partial charge < -0.3 is 4.74 Å². The maximum Gasteiger partial charge on any atom is 0.235 e. The SMILES string of the molecule is CCO[C@H](CS(=O)(=O)Cl)C1CC1. The molecule has 0 saturated heterocycles. The Kier molecular flexibility index (Phi) is 3.37. The molecule has 0 heterocycles. The summed E-state index contributed by atoms with van der Waals surface area (Å²) in [6.07, 6.45) is 1.95. The number of rotatable bonds is 5. The predicted octanol–water partition coefficient (Wildman–Crippen LogP) is 1.37. The lowest BCUT2D eigenvalue weighted by molar-refractivity contribution is 0.0634. The molecule has 3 nitrogen and oxygen atoms in total. The Labute approximate surface area is 77.5 Å². The third kappa shape index (κ3) is 3.74. The molecule has 0 spiro atoms. The molecule has 0 aromatic rings. The van der Waals surface area contributed by atoms with Crippen molar-refractivity contribution in [3.63, 3.8) is 0 Å². The molecule has 0 unspecified atom stereocenters. The van der Waals surface area contributed by atoms with Gasteiger partial charge in [0, 0.05) is 17.3 Å². The van der Waals surface area contributed by atoms with E-state index >= 15 is 0 Å². The van der Waals surface area contributed by atoms with Crippen molar-refractivity contribution in [1.82, 2.24) is 0 Å². The standard InChI is InChI=1S/C7H13ClO3S/c1-2-11-7(6-3-4-6)5-12(8,9)10/h6-7H,2-5H2,1H3/t7-/m1/s1. The zero-order valence-corrected chi connectivity index (χ0v) is 8.57. The first-order valence-electron chi connectivity index (χ1n) is 4.07. The zero-order valence-electron chi connectivity index (χ0n) is 6.99. The van der Waals surface area contributed by atoms with Crippen LogP contribution in [0.5, 0.6) is 0 Å². The second-order valence-corrected chi connectivity index (χ2v) is 5.86. The second-order valence-electron chi connectivity index (χ2n) is 3.04. The molecule has 0 aromatic heterocycles. The van der Waals surface area contributed by atoms with Gasteiger partial charge in [-0.3, -0.25) is 0 Å². The van der Waals surface area contributed by atoms with Crippen LogP contribution in [0.3, 0.4) is 0 Å². The molecule has 12 heavy (non-hydrogen) atoms. The van der Waals surface area contributed by atoms with Crippen LogP contribution < -0.4 is 0 Å². The van der Waals surface area contributed by atoms with Gasteiger partial charge in [0.25, 0.3) is 0 Å². The summed E-state index contributed by atoms with van der Waals surface area (Å²) < 4.78 is 26.7. The first kappa shape index (κ1) is 10.3. The van der Waals surface area contributed by atoms with Crippen molar-refractivity contribution in [3.05, 3.63) is 0 Å². The summed E-state index contributed by atoms with van der Waals surface area (Å²) in [5, 5.41) is 0.